The largest absolute Gasteiger partial charge is 0.476 e. The Hall–Kier alpha value is -2.29. The van der Waals surface area contributed by atoms with Gasteiger partial charge in [-0.3, -0.25) is 4.79 Å². The summed E-state index contributed by atoms with van der Waals surface area (Å²) in [4.78, 5) is 24.2. The van der Waals surface area contributed by atoms with E-state index in [9.17, 15) is 18.0 Å². The van der Waals surface area contributed by atoms with Crippen LogP contribution in [0.3, 0.4) is 0 Å². The molecule has 8 nitrogen and oxygen atoms in total. The Bertz CT molecular complexity index is 839. The number of sulfonamides is 1. The van der Waals surface area contributed by atoms with Gasteiger partial charge in [0.1, 0.15) is 11.4 Å². The van der Waals surface area contributed by atoms with Gasteiger partial charge in [-0.2, -0.15) is 0 Å². The lowest BCUT2D eigenvalue weighted by Gasteiger charge is -2.32. The summed E-state index contributed by atoms with van der Waals surface area (Å²) in [5.41, 5.74) is -0.867. The summed E-state index contributed by atoms with van der Waals surface area (Å²) >= 11 is 0. The van der Waals surface area contributed by atoms with Crippen molar-refractivity contribution in [3.05, 3.63) is 23.8 Å². The number of nitrogens with zero attached hydrogens (tertiary/aromatic N) is 1. The van der Waals surface area contributed by atoms with Crippen molar-refractivity contribution < 1.29 is 27.5 Å². The van der Waals surface area contributed by atoms with Crippen LogP contribution in [-0.2, 0) is 26.1 Å². The summed E-state index contributed by atoms with van der Waals surface area (Å²) in [6, 6.07) is 4.82. The summed E-state index contributed by atoms with van der Waals surface area (Å²) in [7, 11) is -3.84. The molecule has 2 rings (SSSR count). The second kappa shape index (κ2) is 6.46. The third-order valence-corrected chi connectivity index (χ3v) is 4.61. The normalized spacial score (nSPS) is 16.2. The number of hydrogen-bond donors (Lipinski definition) is 1. The lowest BCUT2D eigenvalue weighted by Crippen LogP contribution is -2.45. The SMILES string of the molecule is CC(C)(C)OC(=O)N(Cc1ccc2c(c1)OC(C)(C)C(=O)N2)S(C)(=O)=O. The predicted molar refractivity (Wildman–Crippen MR) is 96.4 cm³/mol. The van der Waals surface area contributed by atoms with Gasteiger partial charge in [-0.25, -0.2) is 17.5 Å². The lowest BCUT2D eigenvalue weighted by molar-refractivity contribution is -0.129. The van der Waals surface area contributed by atoms with Gasteiger partial charge in [-0.05, 0) is 52.3 Å². The Morgan fingerprint density at radius 2 is 1.92 bits per heavy atom. The van der Waals surface area contributed by atoms with E-state index in [4.69, 9.17) is 9.47 Å². The molecule has 1 aliphatic heterocycles. The first-order chi connectivity index (χ1) is 11.7. The highest BCUT2D eigenvalue weighted by Gasteiger charge is 2.36. The first-order valence-electron chi connectivity index (χ1n) is 8.03. The summed E-state index contributed by atoms with van der Waals surface area (Å²) in [5, 5.41) is 2.73. The minimum absolute atomic E-state index is 0.210. The van der Waals surface area contributed by atoms with Gasteiger partial charge in [0.2, 0.25) is 10.0 Å². The fourth-order valence-electron chi connectivity index (χ4n) is 2.24. The van der Waals surface area contributed by atoms with E-state index in [0.717, 1.165) is 6.26 Å². The van der Waals surface area contributed by atoms with E-state index in [1.54, 1.807) is 52.8 Å². The van der Waals surface area contributed by atoms with E-state index in [1.807, 2.05) is 0 Å². The average Bonchev–Trinajstić information content (AvgIpc) is 2.42. The molecule has 0 aliphatic carbocycles. The number of ether oxygens (including phenoxy) is 2. The number of fused-ring (bicyclic) bond motifs is 1. The summed E-state index contributed by atoms with van der Waals surface area (Å²) in [5.74, 6) is 0.133. The molecule has 1 aromatic rings. The van der Waals surface area contributed by atoms with Crippen LogP contribution in [0.5, 0.6) is 5.75 Å². The Morgan fingerprint density at radius 1 is 1.31 bits per heavy atom. The number of carbonyl (C=O) groups excluding carboxylic acids is 2. The van der Waals surface area contributed by atoms with E-state index >= 15 is 0 Å². The van der Waals surface area contributed by atoms with Gasteiger partial charge >= 0.3 is 6.09 Å². The van der Waals surface area contributed by atoms with Crippen LogP contribution in [0, 0.1) is 0 Å². The van der Waals surface area contributed by atoms with Gasteiger partial charge in [-0.15, -0.1) is 0 Å². The third kappa shape index (κ3) is 4.66. The molecule has 0 radical (unpaired) electrons. The topological polar surface area (TPSA) is 102 Å². The number of nitrogens with one attached hydrogen (secondary N) is 1. The molecule has 1 aromatic carbocycles. The minimum Gasteiger partial charge on any atom is -0.476 e. The molecule has 1 heterocycles. The van der Waals surface area contributed by atoms with Crippen molar-refractivity contribution in [2.24, 2.45) is 0 Å². The molecule has 0 saturated carbocycles. The zero-order valence-electron chi connectivity index (χ0n) is 15.7. The van der Waals surface area contributed by atoms with Crippen LogP contribution in [0.2, 0.25) is 0 Å². The van der Waals surface area contributed by atoms with Crippen LogP contribution < -0.4 is 10.1 Å². The molecule has 1 aliphatic rings. The van der Waals surface area contributed by atoms with Crippen molar-refractivity contribution >= 4 is 27.7 Å². The van der Waals surface area contributed by atoms with Gasteiger partial charge in [0.15, 0.2) is 5.60 Å². The van der Waals surface area contributed by atoms with Crippen molar-refractivity contribution in [2.75, 3.05) is 11.6 Å². The van der Waals surface area contributed by atoms with Crippen molar-refractivity contribution in [2.45, 2.75) is 52.4 Å². The maximum Gasteiger partial charge on any atom is 0.424 e. The van der Waals surface area contributed by atoms with Gasteiger partial charge in [0, 0.05) is 0 Å². The fourth-order valence-corrected chi connectivity index (χ4v) is 2.93. The quantitative estimate of drug-likeness (QED) is 0.859. The van der Waals surface area contributed by atoms with Gasteiger partial charge in [0.25, 0.3) is 5.91 Å². The molecule has 144 valence electrons. The summed E-state index contributed by atoms with van der Waals surface area (Å²) in [6.45, 7) is 8.01. The highest BCUT2D eigenvalue weighted by Crippen LogP contribution is 2.34. The van der Waals surface area contributed by atoms with Gasteiger partial charge in [-0.1, -0.05) is 6.07 Å². The molecule has 0 atom stereocenters. The molecule has 9 heteroatoms. The molecule has 0 bridgehead atoms. The minimum atomic E-state index is -3.84. The highest BCUT2D eigenvalue weighted by atomic mass is 32.2. The molecule has 26 heavy (non-hydrogen) atoms. The van der Waals surface area contributed by atoms with Gasteiger partial charge in [0.05, 0.1) is 18.5 Å². The molecule has 0 unspecified atom stereocenters. The zero-order chi connectivity index (χ0) is 19.9. The number of hydrogen-bond acceptors (Lipinski definition) is 6. The fraction of sp³-hybridized carbons (Fsp3) is 0.529. The van der Waals surface area contributed by atoms with Crippen molar-refractivity contribution in [1.29, 1.82) is 0 Å². The number of carbonyl (C=O) groups is 2. The Balaban J connectivity index is 2.30. The molecule has 0 spiro atoms. The zero-order valence-corrected chi connectivity index (χ0v) is 16.6. The first kappa shape index (κ1) is 20.0. The standard InChI is InChI=1S/C17H24N2O6S/c1-16(2,3)25-15(21)19(26(6,22)23)10-11-7-8-12-13(9-11)24-17(4,5)14(20)18-12/h7-9H,10H2,1-6H3,(H,18,20). The van der Waals surface area contributed by atoms with Crippen molar-refractivity contribution in [3.8, 4) is 5.75 Å². The molecular formula is C17H24N2O6S. The Labute approximate surface area is 153 Å². The van der Waals surface area contributed by atoms with Crippen LogP contribution in [0.1, 0.15) is 40.2 Å². The summed E-state index contributed by atoms with van der Waals surface area (Å²) in [6.07, 6.45) is -0.0120. The number of amides is 2. The Kier molecular flexibility index (Phi) is 4.97. The second-order valence-corrected chi connectivity index (χ2v) is 9.55. The molecule has 0 saturated heterocycles. The maximum absolute atomic E-state index is 12.3. The van der Waals surface area contributed by atoms with E-state index in [1.165, 1.54) is 0 Å². The second-order valence-electron chi connectivity index (χ2n) is 7.65. The van der Waals surface area contributed by atoms with E-state index in [0.29, 0.717) is 21.3 Å². The number of anilines is 1. The van der Waals surface area contributed by atoms with Crippen LogP contribution >= 0.6 is 0 Å². The van der Waals surface area contributed by atoms with E-state index in [2.05, 4.69) is 5.32 Å². The third-order valence-electron chi connectivity index (χ3n) is 3.53. The summed E-state index contributed by atoms with van der Waals surface area (Å²) < 4.78 is 35.6. The molecule has 0 fully saturated rings. The smallest absolute Gasteiger partial charge is 0.424 e. The van der Waals surface area contributed by atoms with Crippen LogP contribution in [-0.4, -0.2) is 42.2 Å². The number of rotatable bonds is 3. The maximum atomic E-state index is 12.3. The van der Waals surface area contributed by atoms with Crippen molar-refractivity contribution in [3.63, 3.8) is 0 Å². The lowest BCUT2D eigenvalue weighted by atomic mass is 10.0. The predicted octanol–water partition coefficient (Wildman–Crippen LogP) is 2.49. The molecule has 2 amide bonds. The average molecular weight is 384 g/mol. The van der Waals surface area contributed by atoms with Crippen LogP contribution in [0.25, 0.3) is 0 Å². The molecule has 0 aromatic heterocycles. The molecule has 1 N–H and O–H groups in total. The van der Waals surface area contributed by atoms with E-state index in [-0.39, 0.29) is 12.5 Å². The number of benzene rings is 1. The monoisotopic (exact) mass is 384 g/mol. The van der Waals surface area contributed by atoms with Crippen LogP contribution in [0.15, 0.2) is 18.2 Å². The Morgan fingerprint density at radius 3 is 2.46 bits per heavy atom. The first-order valence-corrected chi connectivity index (χ1v) is 9.88. The van der Waals surface area contributed by atoms with Crippen molar-refractivity contribution in [1.82, 2.24) is 4.31 Å². The molecular weight excluding hydrogens is 360 g/mol. The van der Waals surface area contributed by atoms with E-state index < -0.39 is 27.3 Å². The van der Waals surface area contributed by atoms with Gasteiger partial charge < -0.3 is 14.8 Å². The highest BCUT2D eigenvalue weighted by molar-refractivity contribution is 7.88. The van der Waals surface area contributed by atoms with Crippen LogP contribution in [0.4, 0.5) is 10.5 Å².